The summed E-state index contributed by atoms with van der Waals surface area (Å²) in [6, 6.07) is 16.4. The van der Waals surface area contributed by atoms with E-state index in [-0.39, 0.29) is 5.91 Å². The Kier molecular flexibility index (Phi) is 5.06. The normalized spacial score (nSPS) is 11.2. The van der Waals surface area contributed by atoms with Gasteiger partial charge in [-0.1, -0.05) is 43.3 Å². The zero-order valence-corrected chi connectivity index (χ0v) is 14.7. The minimum atomic E-state index is -0.0196. The van der Waals surface area contributed by atoms with Crippen LogP contribution in [0.25, 0.3) is 16.3 Å². The van der Waals surface area contributed by atoms with Gasteiger partial charge >= 0.3 is 0 Å². The maximum atomic E-state index is 12.3. The van der Waals surface area contributed by atoms with Crippen LogP contribution in [0.5, 0.6) is 0 Å². The van der Waals surface area contributed by atoms with Crippen molar-refractivity contribution in [2.75, 3.05) is 7.05 Å². The number of fused-ring (bicyclic) bond motifs is 1. The van der Waals surface area contributed by atoms with Gasteiger partial charge in [-0.3, -0.25) is 4.79 Å². The van der Waals surface area contributed by atoms with Gasteiger partial charge < -0.3 is 4.90 Å². The summed E-state index contributed by atoms with van der Waals surface area (Å²) in [5, 5.41) is 0.852. The second-order valence-electron chi connectivity index (χ2n) is 5.72. The van der Waals surface area contributed by atoms with E-state index < -0.39 is 0 Å². The lowest BCUT2D eigenvalue weighted by Crippen LogP contribution is -2.24. The second-order valence-corrected chi connectivity index (χ2v) is 6.78. The number of nitrogens with zero attached hydrogens (tertiary/aromatic N) is 2. The third-order valence-electron chi connectivity index (χ3n) is 3.91. The van der Waals surface area contributed by atoms with Gasteiger partial charge in [0.25, 0.3) is 0 Å². The maximum Gasteiger partial charge on any atom is 0.246 e. The number of para-hydroxylation sites is 1. The highest BCUT2D eigenvalue weighted by Gasteiger charge is 2.07. The molecule has 4 heteroatoms. The smallest absolute Gasteiger partial charge is 0.246 e. The fourth-order valence-corrected chi connectivity index (χ4v) is 3.33. The average Bonchev–Trinajstić information content (AvgIpc) is 3.03. The Morgan fingerprint density at radius 1 is 1.12 bits per heavy atom. The van der Waals surface area contributed by atoms with Gasteiger partial charge in [0.05, 0.1) is 10.2 Å². The molecule has 0 saturated carbocycles. The molecule has 0 N–H and O–H groups in total. The number of likely N-dealkylation sites (N-methyl/N-ethyl adjacent to an activating group) is 1. The van der Waals surface area contributed by atoms with Crippen LogP contribution in [0.1, 0.15) is 23.1 Å². The lowest BCUT2D eigenvalue weighted by atomic mass is 10.1. The highest BCUT2D eigenvalue weighted by atomic mass is 32.1. The van der Waals surface area contributed by atoms with Crippen LogP contribution in [-0.2, 0) is 17.8 Å². The molecule has 24 heavy (non-hydrogen) atoms. The predicted octanol–water partition coefficient (Wildman–Crippen LogP) is 4.53. The summed E-state index contributed by atoms with van der Waals surface area (Å²) in [6.45, 7) is 2.74. The molecule has 0 radical (unpaired) electrons. The van der Waals surface area contributed by atoms with E-state index in [1.807, 2.05) is 31.3 Å². The highest BCUT2D eigenvalue weighted by molar-refractivity contribution is 7.19. The molecule has 0 bridgehead atoms. The molecule has 0 aliphatic heterocycles. The van der Waals surface area contributed by atoms with Crippen molar-refractivity contribution in [3.63, 3.8) is 0 Å². The van der Waals surface area contributed by atoms with Gasteiger partial charge in [-0.05, 0) is 35.8 Å². The minimum absolute atomic E-state index is 0.0196. The molecule has 2 aromatic carbocycles. The molecular weight excluding hydrogens is 316 g/mol. The topological polar surface area (TPSA) is 33.2 Å². The molecule has 0 aliphatic carbocycles. The molecule has 0 spiro atoms. The highest BCUT2D eigenvalue weighted by Crippen LogP contribution is 2.22. The molecule has 1 aromatic heterocycles. The number of aromatic nitrogens is 1. The van der Waals surface area contributed by atoms with E-state index in [1.54, 1.807) is 28.4 Å². The van der Waals surface area contributed by atoms with Crippen molar-refractivity contribution in [3.05, 3.63) is 70.7 Å². The number of hydrogen-bond donors (Lipinski definition) is 0. The molecule has 0 aliphatic rings. The standard InChI is InChI=1S/C20H20N2OS/c1-3-15-8-10-16(11-9-15)14-22(2)20(23)13-12-19-21-17-6-4-5-7-18(17)24-19/h4-13H,3,14H2,1-2H3/b13-12+. The first kappa shape index (κ1) is 16.4. The molecule has 3 aromatic rings. The van der Waals surface area contributed by atoms with Gasteiger partial charge in [-0.25, -0.2) is 4.98 Å². The fraction of sp³-hybridized carbons (Fsp3) is 0.200. The zero-order valence-electron chi connectivity index (χ0n) is 13.9. The van der Waals surface area contributed by atoms with Gasteiger partial charge in [0.1, 0.15) is 5.01 Å². The largest absolute Gasteiger partial charge is 0.338 e. The van der Waals surface area contributed by atoms with E-state index in [0.717, 1.165) is 27.2 Å². The first-order chi connectivity index (χ1) is 11.7. The lowest BCUT2D eigenvalue weighted by Gasteiger charge is -2.15. The van der Waals surface area contributed by atoms with Crippen LogP contribution in [0.4, 0.5) is 0 Å². The number of amides is 1. The van der Waals surface area contributed by atoms with Crippen LogP contribution < -0.4 is 0 Å². The molecule has 0 saturated heterocycles. The van der Waals surface area contributed by atoms with Gasteiger partial charge in [-0.2, -0.15) is 0 Å². The van der Waals surface area contributed by atoms with Crippen molar-refractivity contribution >= 4 is 33.5 Å². The minimum Gasteiger partial charge on any atom is -0.338 e. The van der Waals surface area contributed by atoms with Crippen molar-refractivity contribution in [1.29, 1.82) is 0 Å². The Morgan fingerprint density at radius 2 is 1.83 bits per heavy atom. The number of thiazole rings is 1. The van der Waals surface area contributed by atoms with Crippen LogP contribution in [-0.4, -0.2) is 22.8 Å². The van der Waals surface area contributed by atoms with Crippen LogP contribution >= 0.6 is 11.3 Å². The van der Waals surface area contributed by atoms with Crippen molar-refractivity contribution in [2.24, 2.45) is 0 Å². The van der Waals surface area contributed by atoms with Crippen LogP contribution in [0.2, 0.25) is 0 Å². The van der Waals surface area contributed by atoms with E-state index in [1.165, 1.54) is 5.56 Å². The van der Waals surface area contributed by atoms with E-state index >= 15 is 0 Å². The van der Waals surface area contributed by atoms with Crippen molar-refractivity contribution in [1.82, 2.24) is 9.88 Å². The van der Waals surface area contributed by atoms with E-state index in [4.69, 9.17) is 0 Å². The average molecular weight is 336 g/mol. The Morgan fingerprint density at radius 3 is 2.54 bits per heavy atom. The predicted molar refractivity (Wildman–Crippen MR) is 101 cm³/mol. The van der Waals surface area contributed by atoms with Crippen LogP contribution in [0.3, 0.4) is 0 Å². The Hall–Kier alpha value is -2.46. The monoisotopic (exact) mass is 336 g/mol. The second kappa shape index (κ2) is 7.41. The van der Waals surface area contributed by atoms with E-state index in [2.05, 4.69) is 36.2 Å². The molecule has 3 rings (SSSR count). The number of aryl methyl sites for hydroxylation is 1. The summed E-state index contributed by atoms with van der Waals surface area (Å²) in [5.41, 5.74) is 3.42. The fourth-order valence-electron chi connectivity index (χ4n) is 2.46. The molecule has 0 fully saturated rings. The summed E-state index contributed by atoms with van der Waals surface area (Å²) in [5.74, 6) is -0.0196. The molecular formula is C20H20N2OS. The van der Waals surface area contributed by atoms with Crippen molar-refractivity contribution in [2.45, 2.75) is 19.9 Å². The Balaban J connectivity index is 1.64. The summed E-state index contributed by atoms with van der Waals surface area (Å²) in [6.07, 6.45) is 4.42. The maximum absolute atomic E-state index is 12.3. The first-order valence-corrected chi connectivity index (χ1v) is 8.84. The SMILES string of the molecule is CCc1ccc(CN(C)C(=O)/C=C/c2nc3ccccc3s2)cc1. The van der Waals surface area contributed by atoms with Gasteiger partial charge in [0.2, 0.25) is 5.91 Å². The van der Waals surface area contributed by atoms with Crippen LogP contribution in [0, 0.1) is 0 Å². The summed E-state index contributed by atoms with van der Waals surface area (Å²) in [7, 11) is 1.82. The lowest BCUT2D eigenvalue weighted by molar-refractivity contribution is -0.125. The van der Waals surface area contributed by atoms with Crippen molar-refractivity contribution in [3.8, 4) is 0 Å². The number of benzene rings is 2. The van der Waals surface area contributed by atoms with E-state index in [9.17, 15) is 4.79 Å². The first-order valence-electron chi connectivity index (χ1n) is 8.02. The summed E-state index contributed by atoms with van der Waals surface area (Å²) in [4.78, 5) is 18.5. The van der Waals surface area contributed by atoms with Gasteiger partial charge in [0, 0.05) is 19.7 Å². The van der Waals surface area contributed by atoms with Gasteiger partial charge in [-0.15, -0.1) is 11.3 Å². The number of carbonyl (C=O) groups excluding carboxylic acids is 1. The molecule has 3 nitrogen and oxygen atoms in total. The van der Waals surface area contributed by atoms with E-state index in [0.29, 0.717) is 6.54 Å². The molecule has 122 valence electrons. The third kappa shape index (κ3) is 3.89. The molecule has 0 atom stereocenters. The Bertz CT molecular complexity index is 832. The third-order valence-corrected chi connectivity index (χ3v) is 4.91. The number of hydrogen-bond acceptors (Lipinski definition) is 3. The number of rotatable bonds is 5. The number of carbonyl (C=O) groups is 1. The quantitative estimate of drug-likeness (QED) is 0.641. The molecule has 0 unspecified atom stereocenters. The summed E-state index contributed by atoms with van der Waals surface area (Å²) < 4.78 is 1.13. The van der Waals surface area contributed by atoms with Crippen LogP contribution in [0.15, 0.2) is 54.6 Å². The van der Waals surface area contributed by atoms with Gasteiger partial charge in [0.15, 0.2) is 0 Å². The zero-order chi connectivity index (χ0) is 16.9. The molecule has 1 amide bonds. The summed E-state index contributed by atoms with van der Waals surface area (Å²) >= 11 is 1.59. The Labute approximate surface area is 146 Å². The van der Waals surface area contributed by atoms with Crippen molar-refractivity contribution < 1.29 is 4.79 Å². The molecule has 1 heterocycles.